The summed E-state index contributed by atoms with van der Waals surface area (Å²) in [6.07, 6.45) is -4.65. The van der Waals surface area contributed by atoms with Gasteiger partial charge in [0.2, 0.25) is 0 Å². The number of hydrogen-bond donors (Lipinski definition) is 0. The largest absolute Gasteiger partial charge is 0.400 e. The molecule has 0 N–H and O–H groups in total. The van der Waals surface area contributed by atoms with E-state index in [4.69, 9.17) is 0 Å². The van der Waals surface area contributed by atoms with Crippen molar-refractivity contribution in [3.63, 3.8) is 0 Å². The van der Waals surface area contributed by atoms with Crippen molar-refractivity contribution in [1.29, 1.82) is 0 Å². The van der Waals surface area contributed by atoms with Gasteiger partial charge in [-0.25, -0.2) is 17.1 Å². The van der Waals surface area contributed by atoms with Crippen molar-refractivity contribution in [3.8, 4) is 0 Å². The highest BCUT2D eigenvalue weighted by Crippen LogP contribution is 2.37. The Labute approximate surface area is 102 Å². The van der Waals surface area contributed by atoms with Crippen molar-refractivity contribution < 1.29 is 38.2 Å². The fourth-order valence-corrected chi connectivity index (χ4v) is 3.76. The van der Waals surface area contributed by atoms with E-state index in [1.54, 1.807) is 0 Å². The van der Waals surface area contributed by atoms with E-state index >= 15 is 0 Å². The molecule has 0 aromatic rings. The zero-order chi connectivity index (χ0) is 13.6. The fourth-order valence-electron chi connectivity index (χ4n) is 1.72. The number of alkyl halides is 2. The van der Waals surface area contributed by atoms with Crippen LogP contribution in [-0.4, -0.2) is 47.3 Å². The van der Waals surface area contributed by atoms with Crippen LogP contribution >= 0.6 is 0 Å². The quantitative estimate of drug-likeness (QED) is 0.651. The first-order valence-corrected chi connectivity index (χ1v) is 7.90. The summed E-state index contributed by atoms with van der Waals surface area (Å²) >= 11 is 0. The van der Waals surface area contributed by atoms with E-state index in [0.29, 0.717) is 0 Å². The molecular weight excluding hydrogens is 298 g/mol. The van der Waals surface area contributed by atoms with Crippen molar-refractivity contribution in [2.45, 2.75) is 31.0 Å². The molecule has 0 aromatic carbocycles. The maximum Gasteiger partial charge on any atom is 0.400 e. The van der Waals surface area contributed by atoms with Crippen LogP contribution in [0.3, 0.4) is 0 Å². The molecule has 18 heavy (non-hydrogen) atoms. The van der Waals surface area contributed by atoms with Gasteiger partial charge < -0.3 is 0 Å². The Balaban J connectivity index is 2.16. The highest BCUT2D eigenvalue weighted by molar-refractivity contribution is 7.86. The second-order valence-electron chi connectivity index (χ2n) is 3.91. The first-order valence-electron chi connectivity index (χ1n) is 4.99. The van der Waals surface area contributed by atoms with Crippen LogP contribution in [0.4, 0.5) is 8.78 Å². The molecule has 2 atom stereocenters. The van der Waals surface area contributed by atoms with Gasteiger partial charge in [0.15, 0.2) is 0 Å². The first kappa shape index (κ1) is 14.1. The summed E-state index contributed by atoms with van der Waals surface area (Å²) in [5.74, 6) is -4.25. The summed E-state index contributed by atoms with van der Waals surface area (Å²) in [7, 11) is -8.42. The third-order valence-electron chi connectivity index (χ3n) is 2.59. The molecular formula is C7H10F2O7S2. The van der Waals surface area contributed by atoms with Crippen molar-refractivity contribution >= 4 is 20.5 Å². The Hall–Kier alpha value is -0.360. The molecule has 2 fully saturated rings. The molecule has 0 saturated carbocycles. The highest BCUT2D eigenvalue weighted by Gasteiger charge is 2.55. The van der Waals surface area contributed by atoms with E-state index in [0.717, 1.165) is 0 Å². The molecule has 0 spiro atoms. The average molecular weight is 308 g/mol. The van der Waals surface area contributed by atoms with Crippen LogP contribution in [-0.2, 0) is 33.1 Å². The van der Waals surface area contributed by atoms with Gasteiger partial charge in [-0.15, -0.1) is 0 Å². The minimum Gasteiger partial charge on any atom is -0.260 e. The van der Waals surface area contributed by atoms with E-state index < -0.39 is 57.4 Å². The van der Waals surface area contributed by atoms with Gasteiger partial charge in [0, 0.05) is 6.42 Å². The molecule has 7 nitrogen and oxygen atoms in total. The predicted octanol–water partition coefficient (Wildman–Crippen LogP) is -0.209. The summed E-state index contributed by atoms with van der Waals surface area (Å²) in [6.45, 7) is -0.442. The Morgan fingerprint density at radius 2 is 1.61 bits per heavy atom. The van der Waals surface area contributed by atoms with Crippen LogP contribution in [0.25, 0.3) is 0 Å². The summed E-state index contributed by atoms with van der Waals surface area (Å²) in [4.78, 5) is 0. The van der Waals surface area contributed by atoms with Gasteiger partial charge in [0.1, 0.15) is 12.2 Å². The maximum atomic E-state index is 13.9. The van der Waals surface area contributed by atoms with Gasteiger partial charge in [-0.3, -0.25) is 4.18 Å². The van der Waals surface area contributed by atoms with Crippen molar-refractivity contribution in [2.24, 2.45) is 0 Å². The zero-order valence-electron chi connectivity index (χ0n) is 8.91. The van der Waals surface area contributed by atoms with Crippen LogP contribution in [0, 0.1) is 0 Å². The number of hydrogen-bond acceptors (Lipinski definition) is 7. The minimum absolute atomic E-state index is 0.369. The third-order valence-corrected chi connectivity index (χ3v) is 4.78. The summed E-state index contributed by atoms with van der Waals surface area (Å²) in [5, 5.41) is 0. The summed E-state index contributed by atoms with van der Waals surface area (Å²) in [6, 6.07) is 0. The SMILES string of the molecule is O=S1(=O)CCC(C(F)(F)C2CCOS(=O)(=O)O2)O1. The lowest BCUT2D eigenvalue weighted by molar-refractivity contribution is -0.165. The predicted molar refractivity (Wildman–Crippen MR) is 52.6 cm³/mol. The normalized spacial score (nSPS) is 35.4. The zero-order valence-corrected chi connectivity index (χ0v) is 10.5. The lowest BCUT2D eigenvalue weighted by atomic mass is 10.0. The van der Waals surface area contributed by atoms with Gasteiger partial charge in [0.05, 0.1) is 12.4 Å². The van der Waals surface area contributed by atoms with Gasteiger partial charge in [-0.05, 0) is 6.42 Å². The van der Waals surface area contributed by atoms with E-state index in [1.165, 1.54) is 0 Å². The lowest BCUT2D eigenvalue weighted by Crippen LogP contribution is -2.49. The average Bonchev–Trinajstić information content (AvgIpc) is 2.58. The molecule has 0 radical (unpaired) electrons. The molecule has 0 amide bonds. The van der Waals surface area contributed by atoms with Crippen LogP contribution in [0.2, 0.25) is 0 Å². The lowest BCUT2D eigenvalue weighted by Gasteiger charge is -2.31. The topological polar surface area (TPSA) is 96.0 Å². The second-order valence-corrected chi connectivity index (χ2v) is 6.87. The van der Waals surface area contributed by atoms with Gasteiger partial charge >= 0.3 is 16.3 Å². The van der Waals surface area contributed by atoms with E-state index in [-0.39, 0.29) is 6.42 Å². The van der Waals surface area contributed by atoms with E-state index in [9.17, 15) is 25.6 Å². The Morgan fingerprint density at radius 1 is 1.00 bits per heavy atom. The van der Waals surface area contributed by atoms with E-state index in [1.807, 2.05) is 0 Å². The molecule has 0 aromatic heterocycles. The first-order chi connectivity index (χ1) is 8.12. The van der Waals surface area contributed by atoms with Crippen LogP contribution in [0.15, 0.2) is 0 Å². The Bertz CT molecular complexity index is 526. The maximum absolute atomic E-state index is 13.9. The van der Waals surface area contributed by atoms with Crippen molar-refractivity contribution in [3.05, 3.63) is 0 Å². The molecule has 2 aliphatic rings. The summed E-state index contributed by atoms with van der Waals surface area (Å²) < 4.78 is 84.0. The second kappa shape index (κ2) is 4.34. The monoisotopic (exact) mass is 308 g/mol. The molecule has 11 heteroatoms. The minimum atomic E-state index is -4.46. The molecule has 2 heterocycles. The highest BCUT2D eigenvalue weighted by atomic mass is 32.3. The smallest absolute Gasteiger partial charge is 0.260 e. The van der Waals surface area contributed by atoms with Crippen molar-refractivity contribution in [2.75, 3.05) is 12.4 Å². The Morgan fingerprint density at radius 3 is 2.11 bits per heavy atom. The van der Waals surface area contributed by atoms with Crippen LogP contribution in [0.1, 0.15) is 12.8 Å². The van der Waals surface area contributed by atoms with Gasteiger partial charge in [-0.1, -0.05) is 0 Å². The van der Waals surface area contributed by atoms with Crippen molar-refractivity contribution in [1.82, 2.24) is 0 Å². The third kappa shape index (κ3) is 2.79. The molecule has 0 aliphatic carbocycles. The molecule has 0 bridgehead atoms. The van der Waals surface area contributed by atoms with E-state index in [2.05, 4.69) is 12.5 Å². The fraction of sp³-hybridized carbons (Fsp3) is 1.00. The molecule has 2 saturated heterocycles. The van der Waals surface area contributed by atoms with Crippen LogP contribution < -0.4 is 0 Å². The number of rotatable bonds is 2. The Kier molecular flexibility index (Phi) is 3.39. The number of halogens is 2. The van der Waals surface area contributed by atoms with Gasteiger partial charge in [-0.2, -0.15) is 16.8 Å². The molecule has 2 aliphatic heterocycles. The summed E-state index contributed by atoms with van der Waals surface area (Å²) in [5.41, 5.74) is 0. The van der Waals surface area contributed by atoms with Crippen LogP contribution in [0.5, 0.6) is 0 Å². The molecule has 2 rings (SSSR count). The molecule has 106 valence electrons. The van der Waals surface area contributed by atoms with Gasteiger partial charge in [0.25, 0.3) is 10.1 Å². The standard InChI is InChI=1S/C7H10F2O7S2/c8-7(9,6-2-4-17(10,11)15-6)5-1-3-14-18(12,13)16-5/h5-6H,1-4H2. The molecule has 2 unspecified atom stereocenters.